The zero-order valence-corrected chi connectivity index (χ0v) is 16.2. The Morgan fingerprint density at radius 1 is 1.33 bits per heavy atom. The molecule has 6 heteroatoms. The van der Waals surface area contributed by atoms with Crippen LogP contribution in [0, 0.1) is 0 Å². The van der Waals surface area contributed by atoms with Gasteiger partial charge in [0.25, 0.3) is 0 Å². The summed E-state index contributed by atoms with van der Waals surface area (Å²) in [6.07, 6.45) is 3.77. The minimum atomic E-state index is 0.535. The lowest BCUT2D eigenvalue weighted by Crippen LogP contribution is -2.42. The van der Waals surface area contributed by atoms with Crippen LogP contribution in [0.4, 0.5) is 5.82 Å². The SMILES string of the molecule is CCNC(=NCc1cccc(N(C)C)n1)NC1CCC(SCC)C1. The molecule has 1 aromatic rings. The van der Waals surface area contributed by atoms with Crippen molar-refractivity contribution in [3.05, 3.63) is 23.9 Å². The number of aromatic nitrogens is 1. The molecule has 1 aromatic heterocycles. The number of nitrogens with one attached hydrogen (secondary N) is 2. The first-order valence-corrected chi connectivity index (χ1v) is 9.97. The van der Waals surface area contributed by atoms with E-state index in [1.807, 2.05) is 37.2 Å². The Balaban J connectivity index is 1.94. The van der Waals surface area contributed by atoms with E-state index in [2.05, 4.69) is 41.2 Å². The first kappa shape index (κ1) is 18.9. The molecule has 0 bridgehead atoms. The molecule has 0 aliphatic heterocycles. The molecule has 0 spiro atoms. The quantitative estimate of drug-likeness (QED) is 0.586. The fourth-order valence-corrected chi connectivity index (χ4v) is 4.08. The highest BCUT2D eigenvalue weighted by Crippen LogP contribution is 2.29. The summed E-state index contributed by atoms with van der Waals surface area (Å²) >= 11 is 2.08. The fraction of sp³-hybridized carbons (Fsp3) is 0.667. The zero-order chi connectivity index (χ0) is 17.4. The molecule has 5 nitrogen and oxygen atoms in total. The molecule has 24 heavy (non-hydrogen) atoms. The Kier molecular flexibility index (Phi) is 7.69. The van der Waals surface area contributed by atoms with Crippen molar-refractivity contribution in [1.82, 2.24) is 15.6 Å². The second kappa shape index (κ2) is 9.77. The van der Waals surface area contributed by atoms with Gasteiger partial charge in [0, 0.05) is 31.9 Å². The highest BCUT2D eigenvalue weighted by Gasteiger charge is 2.25. The van der Waals surface area contributed by atoms with Crippen LogP contribution in [0.2, 0.25) is 0 Å². The maximum absolute atomic E-state index is 4.73. The van der Waals surface area contributed by atoms with Gasteiger partial charge in [0.1, 0.15) is 5.82 Å². The van der Waals surface area contributed by atoms with Crippen LogP contribution in [0.3, 0.4) is 0 Å². The lowest BCUT2D eigenvalue weighted by Gasteiger charge is -2.17. The molecule has 0 saturated heterocycles. The number of nitrogens with zero attached hydrogens (tertiary/aromatic N) is 3. The Bertz CT molecular complexity index is 532. The van der Waals surface area contributed by atoms with Gasteiger partial charge in [0.05, 0.1) is 12.2 Å². The number of rotatable bonds is 7. The number of pyridine rings is 1. The molecule has 0 amide bonds. The average Bonchev–Trinajstić information content (AvgIpc) is 3.00. The standard InChI is InChI=1S/C18H31N5S/c1-5-19-18(22-14-10-11-16(12-14)24-6-2)20-13-15-8-7-9-17(21-15)23(3)4/h7-9,14,16H,5-6,10-13H2,1-4H3,(H2,19,20,22). The van der Waals surface area contributed by atoms with Crippen molar-refractivity contribution in [3.8, 4) is 0 Å². The van der Waals surface area contributed by atoms with Crippen molar-refractivity contribution in [3.63, 3.8) is 0 Å². The molecule has 1 aliphatic rings. The number of hydrogen-bond donors (Lipinski definition) is 2. The summed E-state index contributed by atoms with van der Waals surface area (Å²) in [6, 6.07) is 6.62. The molecular formula is C18H31N5S. The second-order valence-corrected chi connectivity index (χ2v) is 7.89. The molecule has 134 valence electrons. The van der Waals surface area contributed by atoms with E-state index in [0.717, 1.165) is 29.3 Å². The van der Waals surface area contributed by atoms with Crippen molar-refractivity contribution in [2.45, 2.75) is 50.9 Å². The number of aliphatic imine (C=N–C) groups is 1. The number of anilines is 1. The van der Waals surface area contributed by atoms with Crippen molar-refractivity contribution >= 4 is 23.5 Å². The average molecular weight is 350 g/mol. The van der Waals surface area contributed by atoms with Gasteiger partial charge >= 0.3 is 0 Å². The summed E-state index contributed by atoms with van der Waals surface area (Å²) in [5.41, 5.74) is 0.990. The molecule has 0 radical (unpaired) electrons. The molecule has 2 N–H and O–H groups in total. The monoisotopic (exact) mass is 349 g/mol. The maximum atomic E-state index is 4.73. The minimum Gasteiger partial charge on any atom is -0.363 e. The van der Waals surface area contributed by atoms with Crippen molar-refractivity contribution in [2.24, 2.45) is 4.99 Å². The predicted octanol–water partition coefficient (Wildman–Crippen LogP) is 2.88. The van der Waals surface area contributed by atoms with Crippen molar-refractivity contribution in [2.75, 3.05) is 31.3 Å². The van der Waals surface area contributed by atoms with Crippen LogP contribution in [-0.2, 0) is 6.54 Å². The topological polar surface area (TPSA) is 52.6 Å². The summed E-state index contributed by atoms with van der Waals surface area (Å²) in [5.74, 6) is 3.08. The lowest BCUT2D eigenvalue weighted by atomic mass is 10.2. The molecule has 0 aromatic carbocycles. The van der Waals surface area contributed by atoms with Gasteiger partial charge < -0.3 is 15.5 Å². The Morgan fingerprint density at radius 2 is 2.17 bits per heavy atom. The molecule has 2 rings (SSSR count). The van der Waals surface area contributed by atoms with Crippen LogP contribution in [0.5, 0.6) is 0 Å². The van der Waals surface area contributed by atoms with Gasteiger partial charge in [-0.1, -0.05) is 13.0 Å². The highest BCUT2D eigenvalue weighted by atomic mass is 32.2. The van der Waals surface area contributed by atoms with Gasteiger partial charge in [-0.05, 0) is 44.1 Å². The van der Waals surface area contributed by atoms with Crippen LogP contribution in [0.1, 0.15) is 38.8 Å². The Morgan fingerprint density at radius 3 is 2.88 bits per heavy atom. The van der Waals surface area contributed by atoms with Crippen LogP contribution >= 0.6 is 11.8 Å². The van der Waals surface area contributed by atoms with E-state index >= 15 is 0 Å². The van der Waals surface area contributed by atoms with Crippen LogP contribution in [0.25, 0.3) is 0 Å². The van der Waals surface area contributed by atoms with E-state index in [4.69, 9.17) is 4.99 Å². The number of hydrogen-bond acceptors (Lipinski definition) is 4. The molecule has 1 saturated carbocycles. The lowest BCUT2D eigenvalue weighted by molar-refractivity contribution is 0.614. The zero-order valence-electron chi connectivity index (χ0n) is 15.4. The highest BCUT2D eigenvalue weighted by molar-refractivity contribution is 7.99. The summed E-state index contributed by atoms with van der Waals surface area (Å²) < 4.78 is 0. The summed E-state index contributed by atoms with van der Waals surface area (Å²) in [5, 5.41) is 7.76. The third-order valence-electron chi connectivity index (χ3n) is 4.12. The predicted molar refractivity (Wildman–Crippen MR) is 106 cm³/mol. The summed E-state index contributed by atoms with van der Waals surface area (Å²) in [6.45, 7) is 5.81. The summed E-state index contributed by atoms with van der Waals surface area (Å²) in [4.78, 5) is 11.4. The first-order chi connectivity index (χ1) is 11.6. The van der Waals surface area contributed by atoms with E-state index in [9.17, 15) is 0 Å². The van der Waals surface area contributed by atoms with Crippen LogP contribution in [-0.4, -0.2) is 48.6 Å². The van der Waals surface area contributed by atoms with E-state index < -0.39 is 0 Å². The molecule has 2 unspecified atom stereocenters. The van der Waals surface area contributed by atoms with E-state index in [-0.39, 0.29) is 0 Å². The maximum Gasteiger partial charge on any atom is 0.191 e. The smallest absolute Gasteiger partial charge is 0.191 e. The van der Waals surface area contributed by atoms with E-state index in [1.165, 1.54) is 25.0 Å². The van der Waals surface area contributed by atoms with Gasteiger partial charge in [0.15, 0.2) is 5.96 Å². The normalized spacial score (nSPS) is 20.9. The number of guanidine groups is 1. The Hall–Kier alpha value is -1.43. The molecule has 1 heterocycles. The molecule has 1 aliphatic carbocycles. The molecule has 1 fully saturated rings. The van der Waals surface area contributed by atoms with Gasteiger partial charge in [0.2, 0.25) is 0 Å². The van der Waals surface area contributed by atoms with Crippen molar-refractivity contribution in [1.29, 1.82) is 0 Å². The Labute approximate surface area is 150 Å². The fourth-order valence-electron chi connectivity index (χ4n) is 2.94. The summed E-state index contributed by atoms with van der Waals surface area (Å²) in [7, 11) is 4.01. The first-order valence-electron chi connectivity index (χ1n) is 8.92. The second-order valence-electron chi connectivity index (χ2n) is 6.31. The number of thioether (sulfide) groups is 1. The largest absolute Gasteiger partial charge is 0.363 e. The van der Waals surface area contributed by atoms with Crippen molar-refractivity contribution < 1.29 is 0 Å². The molecule has 2 atom stereocenters. The van der Waals surface area contributed by atoms with Gasteiger partial charge in [-0.2, -0.15) is 11.8 Å². The molecular weight excluding hydrogens is 318 g/mol. The van der Waals surface area contributed by atoms with Crippen LogP contribution in [0.15, 0.2) is 23.2 Å². The third kappa shape index (κ3) is 5.89. The third-order valence-corrected chi connectivity index (χ3v) is 5.35. The van der Waals surface area contributed by atoms with E-state index in [1.54, 1.807) is 0 Å². The van der Waals surface area contributed by atoms with Gasteiger partial charge in [-0.15, -0.1) is 0 Å². The minimum absolute atomic E-state index is 0.535. The van der Waals surface area contributed by atoms with E-state index in [0.29, 0.717) is 12.6 Å². The van der Waals surface area contributed by atoms with Crippen LogP contribution < -0.4 is 15.5 Å². The van der Waals surface area contributed by atoms with Gasteiger partial charge in [-0.25, -0.2) is 9.98 Å². The van der Waals surface area contributed by atoms with Gasteiger partial charge in [-0.3, -0.25) is 0 Å².